The summed E-state index contributed by atoms with van der Waals surface area (Å²) in [6.07, 6.45) is 5.11. The normalized spacial score (nSPS) is 10.8. The first-order valence-corrected chi connectivity index (χ1v) is 3.10. The Hall–Kier alpha value is -0.300. The molecule has 0 aliphatic carbocycles. The van der Waals surface area contributed by atoms with Crippen molar-refractivity contribution in [1.82, 2.24) is 0 Å². The zero-order valence-corrected chi connectivity index (χ0v) is 5.68. The Balaban J connectivity index is 2.72. The number of rotatable bonds is 4. The van der Waals surface area contributed by atoms with Crippen LogP contribution in [0.5, 0.6) is 0 Å². The molecule has 0 rings (SSSR count). The molecule has 48 valence electrons. The van der Waals surface area contributed by atoms with Crippen LogP contribution in [0.1, 0.15) is 20.3 Å². The Kier molecular flexibility index (Phi) is 6.45. The largest absolute Gasteiger partial charge is 0.377 e. The van der Waals surface area contributed by atoms with Crippen LogP contribution in [0.3, 0.4) is 0 Å². The molecule has 1 nitrogen and oxygen atoms in total. The first kappa shape index (κ1) is 7.70. The summed E-state index contributed by atoms with van der Waals surface area (Å²) in [5, 5.41) is 0. The average molecular weight is 114 g/mol. The smallest absolute Gasteiger partial charge is 0.0647 e. The highest BCUT2D eigenvalue weighted by Crippen LogP contribution is 1.80. The summed E-state index contributed by atoms with van der Waals surface area (Å²) in [6, 6.07) is 0. The Morgan fingerprint density at radius 1 is 1.50 bits per heavy atom. The molecule has 0 atom stereocenters. The molecule has 1 heteroatoms. The third-order valence-electron chi connectivity index (χ3n) is 0.798. The number of hydrogen-bond acceptors (Lipinski definition) is 1. The fraction of sp³-hybridized carbons (Fsp3) is 0.714. The van der Waals surface area contributed by atoms with E-state index in [1.54, 1.807) is 0 Å². The minimum Gasteiger partial charge on any atom is -0.377 e. The molecule has 0 saturated carbocycles. The van der Waals surface area contributed by atoms with Gasteiger partial charge in [-0.2, -0.15) is 0 Å². The maximum Gasteiger partial charge on any atom is 0.0647 e. The lowest BCUT2D eigenvalue weighted by Gasteiger charge is -1.93. The van der Waals surface area contributed by atoms with E-state index in [0.29, 0.717) is 0 Å². The maximum atomic E-state index is 5.14. The van der Waals surface area contributed by atoms with Crippen LogP contribution >= 0.6 is 0 Å². The zero-order chi connectivity index (χ0) is 6.24. The summed E-state index contributed by atoms with van der Waals surface area (Å²) in [5.74, 6) is 0. The molecular formula is C7H14O. The Labute approximate surface area is 51.4 Å². The molecule has 8 heavy (non-hydrogen) atoms. The quantitative estimate of drug-likeness (QED) is 0.401. The van der Waals surface area contributed by atoms with Crippen LogP contribution in [0, 0.1) is 0 Å². The Bertz CT molecular complexity index is 57.4. The van der Waals surface area contributed by atoms with E-state index in [0.717, 1.165) is 19.6 Å². The lowest BCUT2D eigenvalue weighted by molar-refractivity contribution is 0.163. The molecule has 0 aliphatic rings. The number of ether oxygens (including phenoxy) is 1. The van der Waals surface area contributed by atoms with E-state index in [-0.39, 0.29) is 0 Å². The molecule has 0 saturated heterocycles. The molecule has 0 spiro atoms. The molecule has 0 aromatic rings. The van der Waals surface area contributed by atoms with Crippen LogP contribution in [-0.4, -0.2) is 13.2 Å². The molecule has 0 unspecified atom stereocenters. The summed E-state index contributed by atoms with van der Waals surface area (Å²) in [7, 11) is 0. The summed E-state index contributed by atoms with van der Waals surface area (Å²) in [6.45, 7) is 5.75. The number of hydrogen-bond donors (Lipinski definition) is 0. The lowest BCUT2D eigenvalue weighted by atomic mass is 10.5. The van der Waals surface area contributed by atoms with Crippen molar-refractivity contribution in [2.45, 2.75) is 20.3 Å². The first-order chi connectivity index (χ1) is 3.91. The van der Waals surface area contributed by atoms with Gasteiger partial charge in [-0.15, -0.1) is 0 Å². The predicted molar refractivity (Wildman–Crippen MR) is 35.9 cm³/mol. The van der Waals surface area contributed by atoms with Gasteiger partial charge in [0.2, 0.25) is 0 Å². The van der Waals surface area contributed by atoms with Gasteiger partial charge in [-0.25, -0.2) is 0 Å². The van der Waals surface area contributed by atoms with Crippen molar-refractivity contribution in [1.29, 1.82) is 0 Å². The van der Waals surface area contributed by atoms with Gasteiger partial charge in [-0.1, -0.05) is 19.1 Å². The van der Waals surface area contributed by atoms with E-state index in [1.165, 1.54) is 0 Å². The molecule has 0 heterocycles. The average Bonchev–Trinajstić information content (AvgIpc) is 1.81. The van der Waals surface area contributed by atoms with Gasteiger partial charge in [0, 0.05) is 6.61 Å². The molecule has 0 aromatic carbocycles. The van der Waals surface area contributed by atoms with Crippen molar-refractivity contribution in [2.75, 3.05) is 13.2 Å². The maximum absolute atomic E-state index is 5.14. The summed E-state index contributed by atoms with van der Waals surface area (Å²) in [5.41, 5.74) is 0. The summed E-state index contributed by atoms with van der Waals surface area (Å²) >= 11 is 0. The Morgan fingerprint density at radius 3 is 2.75 bits per heavy atom. The first-order valence-electron chi connectivity index (χ1n) is 3.10. The van der Waals surface area contributed by atoms with E-state index >= 15 is 0 Å². The van der Waals surface area contributed by atoms with E-state index in [2.05, 4.69) is 6.92 Å². The van der Waals surface area contributed by atoms with Crippen LogP contribution in [0.15, 0.2) is 12.2 Å². The minimum atomic E-state index is 0.768. The van der Waals surface area contributed by atoms with Gasteiger partial charge in [-0.3, -0.25) is 0 Å². The zero-order valence-electron chi connectivity index (χ0n) is 5.68. The number of allylic oxidation sites excluding steroid dienone is 1. The van der Waals surface area contributed by atoms with Gasteiger partial charge in [0.15, 0.2) is 0 Å². The predicted octanol–water partition coefficient (Wildman–Crippen LogP) is 1.99. The molecule has 0 radical (unpaired) electrons. The molecule has 0 aromatic heterocycles. The highest BCUT2D eigenvalue weighted by atomic mass is 16.5. The van der Waals surface area contributed by atoms with E-state index in [1.807, 2.05) is 19.1 Å². The van der Waals surface area contributed by atoms with Crippen molar-refractivity contribution >= 4 is 0 Å². The van der Waals surface area contributed by atoms with Crippen molar-refractivity contribution in [2.24, 2.45) is 0 Å². The van der Waals surface area contributed by atoms with Gasteiger partial charge in [0.1, 0.15) is 0 Å². The van der Waals surface area contributed by atoms with E-state index in [4.69, 9.17) is 4.74 Å². The van der Waals surface area contributed by atoms with Crippen molar-refractivity contribution in [3.63, 3.8) is 0 Å². The second kappa shape index (κ2) is 6.70. The molecule has 0 fully saturated rings. The van der Waals surface area contributed by atoms with Crippen molar-refractivity contribution < 1.29 is 4.74 Å². The topological polar surface area (TPSA) is 9.23 Å². The van der Waals surface area contributed by atoms with E-state index < -0.39 is 0 Å². The Morgan fingerprint density at radius 2 is 2.25 bits per heavy atom. The SMILES string of the molecule is C/C=C/COCCC. The highest BCUT2D eigenvalue weighted by molar-refractivity contribution is 4.75. The summed E-state index contributed by atoms with van der Waals surface area (Å²) < 4.78 is 5.14. The second-order valence-corrected chi connectivity index (χ2v) is 1.64. The van der Waals surface area contributed by atoms with Gasteiger partial charge < -0.3 is 4.74 Å². The fourth-order valence-corrected chi connectivity index (χ4v) is 0.392. The lowest BCUT2D eigenvalue weighted by Crippen LogP contribution is -1.90. The molecule has 0 amide bonds. The third kappa shape index (κ3) is 5.70. The van der Waals surface area contributed by atoms with Crippen LogP contribution in [0.25, 0.3) is 0 Å². The van der Waals surface area contributed by atoms with Crippen LogP contribution in [-0.2, 0) is 4.74 Å². The minimum absolute atomic E-state index is 0.768. The van der Waals surface area contributed by atoms with Gasteiger partial charge in [0.25, 0.3) is 0 Å². The van der Waals surface area contributed by atoms with Gasteiger partial charge in [0.05, 0.1) is 6.61 Å². The fourth-order valence-electron chi connectivity index (χ4n) is 0.392. The summed E-state index contributed by atoms with van der Waals surface area (Å²) in [4.78, 5) is 0. The molecular weight excluding hydrogens is 100 g/mol. The van der Waals surface area contributed by atoms with Gasteiger partial charge >= 0.3 is 0 Å². The van der Waals surface area contributed by atoms with Crippen LogP contribution in [0.4, 0.5) is 0 Å². The van der Waals surface area contributed by atoms with Crippen LogP contribution in [0.2, 0.25) is 0 Å². The van der Waals surface area contributed by atoms with Gasteiger partial charge in [-0.05, 0) is 13.3 Å². The van der Waals surface area contributed by atoms with E-state index in [9.17, 15) is 0 Å². The monoisotopic (exact) mass is 114 g/mol. The molecule has 0 bridgehead atoms. The third-order valence-corrected chi connectivity index (χ3v) is 0.798. The van der Waals surface area contributed by atoms with Crippen molar-refractivity contribution in [3.05, 3.63) is 12.2 Å². The molecule has 0 N–H and O–H groups in total. The standard InChI is InChI=1S/C7H14O/c1-3-5-7-8-6-4-2/h3,5H,4,6-7H2,1-2H3/b5-3+. The molecule has 0 aliphatic heterocycles. The highest BCUT2D eigenvalue weighted by Gasteiger charge is 1.76. The second-order valence-electron chi connectivity index (χ2n) is 1.64. The van der Waals surface area contributed by atoms with Crippen molar-refractivity contribution in [3.8, 4) is 0 Å². The van der Waals surface area contributed by atoms with Crippen LogP contribution < -0.4 is 0 Å².